The summed E-state index contributed by atoms with van der Waals surface area (Å²) >= 11 is 0. The van der Waals surface area contributed by atoms with Gasteiger partial charge in [-0.05, 0) is 44.2 Å². The summed E-state index contributed by atoms with van der Waals surface area (Å²) in [6.45, 7) is 1.16. The van der Waals surface area contributed by atoms with E-state index in [2.05, 4.69) is 17.0 Å². The van der Waals surface area contributed by atoms with Crippen LogP contribution in [0.4, 0.5) is 0 Å². The molecule has 0 aromatic carbocycles. The lowest BCUT2D eigenvalue weighted by molar-refractivity contribution is 0.400. The first-order chi connectivity index (χ1) is 7.36. The number of aromatic nitrogens is 2. The normalized spacial score (nSPS) is 25.5. The highest BCUT2D eigenvalue weighted by Crippen LogP contribution is 2.31. The fraction of sp³-hybridized carbons (Fsp3) is 0.750. The Bertz CT molecular complexity index is 361. The van der Waals surface area contributed by atoms with E-state index in [0.717, 1.165) is 6.54 Å². The molecule has 1 unspecified atom stereocenters. The highest BCUT2D eigenvalue weighted by molar-refractivity contribution is 5.32. The molecule has 1 aromatic heterocycles. The smallest absolute Gasteiger partial charge is 0.0828 e. The van der Waals surface area contributed by atoms with E-state index in [0.29, 0.717) is 6.04 Å². The fourth-order valence-electron chi connectivity index (χ4n) is 3.01. The molecule has 3 nitrogen and oxygen atoms in total. The minimum atomic E-state index is 0.534. The van der Waals surface area contributed by atoms with Gasteiger partial charge in [0.15, 0.2) is 0 Å². The summed E-state index contributed by atoms with van der Waals surface area (Å²) in [5.74, 6) is 0. The molecule has 0 radical (unpaired) electrons. The molecule has 15 heavy (non-hydrogen) atoms. The van der Waals surface area contributed by atoms with Gasteiger partial charge in [0.25, 0.3) is 0 Å². The van der Waals surface area contributed by atoms with Gasteiger partial charge in [-0.3, -0.25) is 4.68 Å². The molecule has 3 heteroatoms. The summed E-state index contributed by atoms with van der Waals surface area (Å²) in [7, 11) is 2.09. The molecule has 1 N–H and O–H groups in total. The van der Waals surface area contributed by atoms with Crippen LogP contribution in [0, 0.1) is 0 Å². The summed E-state index contributed by atoms with van der Waals surface area (Å²) in [6, 6.07) is 0.534. The second kappa shape index (κ2) is 3.63. The van der Waals surface area contributed by atoms with E-state index in [-0.39, 0.29) is 0 Å². The summed E-state index contributed by atoms with van der Waals surface area (Å²) < 4.78 is 2.11. The second-order valence-electron chi connectivity index (χ2n) is 4.79. The average Bonchev–Trinajstić information content (AvgIpc) is 2.84. The van der Waals surface area contributed by atoms with Crippen LogP contribution in [-0.4, -0.2) is 16.3 Å². The average molecular weight is 205 g/mol. The van der Waals surface area contributed by atoms with Crippen LogP contribution < -0.4 is 5.32 Å². The van der Waals surface area contributed by atoms with E-state index in [1.807, 2.05) is 0 Å². The van der Waals surface area contributed by atoms with Crippen molar-refractivity contribution in [3.63, 3.8) is 0 Å². The summed E-state index contributed by atoms with van der Waals surface area (Å²) in [5.41, 5.74) is 4.39. The van der Waals surface area contributed by atoms with Crippen LogP contribution >= 0.6 is 0 Å². The van der Waals surface area contributed by atoms with Crippen molar-refractivity contribution in [2.45, 2.75) is 44.6 Å². The van der Waals surface area contributed by atoms with Gasteiger partial charge in [-0.1, -0.05) is 6.42 Å². The predicted octanol–water partition coefficient (Wildman–Crippen LogP) is 1.72. The molecule has 1 fully saturated rings. The first kappa shape index (κ1) is 9.40. The Morgan fingerprint density at radius 1 is 1.27 bits per heavy atom. The Hall–Kier alpha value is -0.830. The SMILES string of the molecule is Cn1nc(C2CCCCN2)c2c1CCC2. The van der Waals surface area contributed by atoms with Crippen molar-refractivity contribution in [2.75, 3.05) is 6.54 Å². The molecule has 1 aliphatic carbocycles. The maximum atomic E-state index is 4.71. The number of rotatable bonds is 1. The first-order valence-electron chi connectivity index (χ1n) is 6.14. The van der Waals surface area contributed by atoms with Crippen LogP contribution in [0.3, 0.4) is 0 Å². The van der Waals surface area contributed by atoms with E-state index in [1.54, 1.807) is 5.56 Å². The molecule has 2 heterocycles. The fourth-order valence-corrected chi connectivity index (χ4v) is 3.01. The van der Waals surface area contributed by atoms with Crippen molar-refractivity contribution in [3.8, 4) is 0 Å². The van der Waals surface area contributed by atoms with Gasteiger partial charge in [0, 0.05) is 12.7 Å². The molecule has 1 atom stereocenters. The minimum Gasteiger partial charge on any atom is -0.309 e. The Morgan fingerprint density at radius 2 is 2.20 bits per heavy atom. The van der Waals surface area contributed by atoms with Crippen LogP contribution in [0.25, 0.3) is 0 Å². The Labute approximate surface area is 90.9 Å². The zero-order valence-corrected chi connectivity index (χ0v) is 9.42. The third-order valence-electron chi connectivity index (χ3n) is 3.79. The predicted molar refractivity (Wildman–Crippen MR) is 59.8 cm³/mol. The van der Waals surface area contributed by atoms with Crippen LogP contribution in [0.5, 0.6) is 0 Å². The van der Waals surface area contributed by atoms with Crippen LogP contribution in [-0.2, 0) is 19.9 Å². The summed E-state index contributed by atoms with van der Waals surface area (Å²) in [5, 5.41) is 8.31. The van der Waals surface area contributed by atoms with E-state index in [4.69, 9.17) is 5.10 Å². The van der Waals surface area contributed by atoms with Crippen molar-refractivity contribution < 1.29 is 0 Å². The molecular weight excluding hydrogens is 186 g/mol. The lowest BCUT2D eigenvalue weighted by Gasteiger charge is -2.22. The molecule has 1 aliphatic heterocycles. The molecule has 0 bridgehead atoms. The Morgan fingerprint density at radius 3 is 3.00 bits per heavy atom. The third kappa shape index (κ3) is 1.49. The van der Waals surface area contributed by atoms with Crippen molar-refractivity contribution >= 4 is 0 Å². The van der Waals surface area contributed by atoms with Gasteiger partial charge in [0.2, 0.25) is 0 Å². The lowest BCUT2D eigenvalue weighted by atomic mass is 9.99. The van der Waals surface area contributed by atoms with Gasteiger partial charge in [0.05, 0.1) is 11.7 Å². The van der Waals surface area contributed by atoms with Gasteiger partial charge in [-0.2, -0.15) is 5.10 Å². The van der Waals surface area contributed by atoms with Gasteiger partial charge in [-0.25, -0.2) is 0 Å². The van der Waals surface area contributed by atoms with E-state index >= 15 is 0 Å². The molecule has 1 aromatic rings. The van der Waals surface area contributed by atoms with Crippen molar-refractivity contribution in [2.24, 2.45) is 7.05 Å². The Balaban J connectivity index is 1.93. The number of hydrogen-bond acceptors (Lipinski definition) is 2. The monoisotopic (exact) mass is 205 g/mol. The van der Waals surface area contributed by atoms with Crippen LogP contribution in [0.2, 0.25) is 0 Å². The summed E-state index contributed by atoms with van der Waals surface area (Å²) in [6.07, 6.45) is 7.74. The molecule has 3 rings (SSSR count). The van der Waals surface area contributed by atoms with E-state index < -0.39 is 0 Å². The van der Waals surface area contributed by atoms with E-state index in [9.17, 15) is 0 Å². The number of fused-ring (bicyclic) bond motifs is 1. The first-order valence-corrected chi connectivity index (χ1v) is 6.14. The third-order valence-corrected chi connectivity index (χ3v) is 3.79. The van der Waals surface area contributed by atoms with Gasteiger partial charge >= 0.3 is 0 Å². The number of hydrogen-bond donors (Lipinski definition) is 1. The quantitative estimate of drug-likeness (QED) is 0.756. The molecule has 0 spiro atoms. The number of nitrogens with zero attached hydrogens (tertiary/aromatic N) is 2. The molecule has 1 saturated heterocycles. The van der Waals surface area contributed by atoms with Crippen LogP contribution in [0.15, 0.2) is 0 Å². The van der Waals surface area contributed by atoms with Crippen molar-refractivity contribution in [3.05, 3.63) is 17.0 Å². The highest BCUT2D eigenvalue weighted by Gasteiger charge is 2.26. The molecule has 0 amide bonds. The van der Waals surface area contributed by atoms with Crippen molar-refractivity contribution in [1.82, 2.24) is 15.1 Å². The molecule has 0 saturated carbocycles. The topological polar surface area (TPSA) is 29.9 Å². The molecular formula is C12H19N3. The standard InChI is InChI=1S/C12H19N3/c1-15-11-7-4-5-9(11)12(14-15)10-6-2-3-8-13-10/h10,13H,2-8H2,1H3. The highest BCUT2D eigenvalue weighted by atomic mass is 15.3. The van der Waals surface area contributed by atoms with Gasteiger partial charge < -0.3 is 5.32 Å². The maximum Gasteiger partial charge on any atom is 0.0828 e. The lowest BCUT2D eigenvalue weighted by Crippen LogP contribution is -2.27. The molecule has 2 aliphatic rings. The van der Waals surface area contributed by atoms with Crippen LogP contribution in [0.1, 0.15) is 48.7 Å². The number of nitrogens with one attached hydrogen (secondary N) is 1. The maximum absolute atomic E-state index is 4.71. The second-order valence-corrected chi connectivity index (χ2v) is 4.79. The van der Waals surface area contributed by atoms with Gasteiger partial charge in [0.1, 0.15) is 0 Å². The minimum absolute atomic E-state index is 0.534. The zero-order valence-electron chi connectivity index (χ0n) is 9.42. The van der Waals surface area contributed by atoms with Gasteiger partial charge in [-0.15, -0.1) is 0 Å². The van der Waals surface area contributed by atoms with Crippen molar-refractivity contribution in [1.29, 1.82) is 0 Å². The van der Waals surface area contributed by atoms with E-state index in [1.165, 1.54) is 49.9 Å². The number of piperidine rings is 1. The Kier molecular flexibility index (Phi) is 2.28. The summed E-state index contributed by atoms with van der Waals surface area (Å²) in [4.78, 5) is 0. The largest absolute Gasteiger partial charge is 0.309 e. The number of aryl methyl sites for hydroxylation is 1. The zero-order chi connectivity index (χ0) is 10.3. The molecule has 82 valence electrons.